The summed E-state index contributed by atoms with van der Waals surface area (Å²) in [6.07, 6.45) is 4.51. The van der Waals surface area contributed by atoms with Gasteiger partial charge in [0.1, 0.15) is 5.78 Å². The lowest BCUT2D eigenvalue weighted by molar-refractivity contribution is -0.118. The molecule has 1 heterocycles. The van der Waals surface area contributed by atoms with Crippen LogP contribution in [-0.2, 0) is 17.6 Å². The Morgan fingerprint density at radius 3 is 2.85 bits per heavy atom. The van der Waals surface area contributed by atoms with Crippen molar-refractivity contribution < 1.29 is 13.9 Å². The van der Waals surface area contributed by atoms with Crippen molar-refractivity contribution in [1.82, 2.24) is 4.98 Å². The highest BCUT2D eigenvalue weighted by Crippen LogP contribution is 2.20. The van der Waals surface area contributed by atoms with E-state index in [0.29, 0.717) is 18.4 Å². The maximum absolute atomic E-state index is 13.9. The lowest BCUT2D eigenvalue weighted by atomic mass is 10.0. The number of benzene rings is 1. The van der Waals surface area contributed by atoms with Crippen molar-refractivity contribution in [1.29, 1.82) is 0 Å². The summed E-state index contributed by atoms with van der Waals surface area (Å²) in [6, 6.07) is 8.60. The summed E-state index contributed by atoms with van der Waals surface area (Å²) in [5, 5.41) is 0. The normalized spacial score (nSPS) is 10.3. The summed E-state index contributed by atoms with van der Waals surface area (Å²) < 4.78 is 18.8. The molecule has 0 fully saturated rings. The predicted octanol–water partition coefficient (Wildman–Crippen LogP) is 2.97. The fourth-order valence-electron chi connectivity index (χ4n) is 1.98. The van der Waals surface area contributed by atoms with Crippen molar-refractivity contribution in [2.45, 2.75) is 19.3 Å². The second-order valence-corrected chi connectivity index (χ2v) is 4.51. The molecule has 0 atom stereocenters. The van der Waals surface area contributed by atoms with Crippen molar-refractivity contribution in [2.75, 3.05) is 7.11 Å². The molecule has 2 aromatic rings. The second kappa shape index (κ2) is 6.80. The Kier molecular flexibility index (Phi) is 4.82. The molecular formula is C16H16FNO2. The van der Waals surface area contributed by atoms with Gasteiger partial charge in [0.2, 0.25) is 0 Å². The standard InChI is InChI=1S/C16H16FNO2/c1-20-15-6-2-5-13(16(15)17)10-14(19)8-7-12-4-3-9-18-11-12/h2-6,9,11H,7-8,10H2,1H3. The minimum absolute atomic E-state index is 0.000932. The van der Waals surface area contributed by atoms with Crippen LogP contribution in [0, 0.1) is 5.82 Å². The number of hydrogen-bond acceptors (Lipinski definition) is 3. The van der Waals surface area contributed by atoms with Crippen LogP contribution in [-0.4, -0.2) is 17.9 Å². The molecule has 0 amide bonds. The smallest absolute Gasteiger partial charge is 0.168 e. The average Bonchev–Trinajstić information content (AvgIpc) is 2.48. The molecule has 0 spiro atoms. The molecule has 1 aromatic heterocycles. The fourth-order valence-corrected chi connectivity index (χ4v) is 1.98. The number of pyridine rings is 1. The second-order valence-electron chi connectivity index (χ2n) is 4.51. The van der Waals surface area contributed by atoms with Gasteiger partial charge in [0.25, 0.3) is 0 Å². The van der Waals surface area contributed by atoms with Gasteiger partial charge in [-0.3, -0.25) is 9.78 Å². The molecule has 3 nitrogen and oxygen atoms in total. The van der Waals surface area contributed by atoms with Crippen LogP contribution in [0.1, 0.15) is 17.5 Å². The van der Waals surface area contributed by atoms with Crippen molar-refractivity contribution >= 4 is 5.78 Å². The van der Waals surface area contributed by atoms with Crippen LogP contribution in [0.25, 0.3) is 0 Å². The summed E-state index contributed by atoms with van der Waals surface area (Å²) in [5.41, 5.74) is 1.38. The molecule has 2 rings (SSSR count). The Labute approximate surface area is 117 Å². The van der Waals surface area contributed by atoms with E-state index in [9.17, 15) is 9.18 Å². The zero-order chi connectivity index (χ0) is 14.4. The maximum atomic E-state index is 13.9. The molecule has 0 aliphatic carbocycles. The van der Waals surface area contributed by atoms with Crippen LogP contribution >= 0.6 is 0 Å². The van der Waals surface area contributed by atoms with Crippen LogP contribution in [0.2, 0.25) is 0 Å². The summed E-state index contributed by atoms with van der Waals surface area (Å²) in [6.45, 7) is 0. The number of rotatable bonds is 6. The van der Waals surface area contributed by atoms with E-state index in [0.717, 1.165) is 5.56 Å². The van der Waals surface area contributed by atoms with Crippen molar-refractivity contribution in [2.24, 2.45) is 0 Å². The number of nitrogens with zero attached hydrogens (tertiary/aromatic N) is 1. The molecule has 0 N–H and O–H groups in total. The van der Waals surface area contributed by atoms with E-state index in [4.69, 9.17) is 4.74 Å². The largest absolute Gasteiger partial charge is 0.494 e. The fraction of sp³-hybridized carbons (Fsp3) is 0.250. The molecule has 0 radical (unpaired) electrons. The van der Waals surface area contributed by atoms with Gasteiger partial charge in [-0.2, -0.15) is 0 Å². The van der Waals surface area contributed by atoms with Gasteiger partial charge in [-0.15, -0.1) is 0 Å². The highest BCUT2D eigenvalue weighted by Gasteiger charge is 2.12. The number of hydrogen-bond donors (Lipinski definition) is 0. The summed E-state index contributed by atoms with van der Waals surface area (Å²) in [5.74, 6) is -0.284. The van der Waals surface area contributed by atoms with Gasteiger partial charge < -0.3 is 4.74 Å². The molecule has 0 unspecified atom stereocenters. The van der Waals surface area contributed by atoms with E-state index in [-0.39, 0.29) is 18.0 Å². The van der Waals surface area contributed by atoms with Crippen LogP contribution in [0.15, 0.2) is 42.7 Å². The summed E-state index contributed by atoms with van der Waals surface area (Å²) >= 11 is 0. The van der Waals surface area contributed by atoms with Gasteiger partial charge >= 0.3 is 0 Å². The summed E-state index contributed by atoms with van der Waals surface area (Å²) in [7, 11) is 1.41. The number of carbonyl (C=O) groups excluding carboxylic acids is 1. The van der Waals surface area contributed by atoms with Crippen LogP contribution in [0.5, 0.6) is 5.75 Å². The summed E-state index contributed by atoms with van der Waals surface area (Å²) in [4.78, 5) is 15.9. The van der Waals surface area contributed by atoms with E-state index >= 15 is 0 Å². The monoisotopic (exact) mass is 273 g/mol. The Balaban J connectivity index is 1.95. The van der Waals surface area contributed by atoms with Gasteiger partial charge in [-0.25, -0.2) is 4.39 Å². The highest BCUT2D eigenvalue weighted by molar-refractivity contribution is 5.81. The Bertz CT molecular complexity index is 584. The van der Waals surface area contributed by atoms with Gasteiger partial charge in [-0.1, -0.05) is 18.2 Å². The third-order valence-corrected chi connectivity index (χ3v) is 3.07. The number of ketones is 1. The van der Waals surface area contributed by atoms with Crippen LogP contribution < -0.4 is 4.74 Å². The zero-order valence-corrected chi connectivity index (χ0v) is 11.3. The number of aromatic nitrogens is 1. The highest BCUT2D eigenvalue weighted by atomic mass is 19.1. The first-order valence-electron chi connectivity index (χ1n) is 6.42. The number of carbonyl (C=O) groups is 1. The van der Waals surface area contributed by atoms with E-state index in [1.54, 1.807) is 30.6 Å². The van der Waals surface area contributed by atoms with Gasteiger partial charge in [0.05, 0.1) is 7.11 Å². The number of Topliss-reactive ketones (excluding diaryl/α,β-unsaturated/α-hetero) is 1. The minimum Gasteiger partial charge on any atom is -0.494 e. The first-order valence-corrected chi connectivity index (χ1v) is 6.42. The molecule has 0 saturated heterocycles. The molecule has 0 aliphatic heterocycles. The van der Waals surface area contributed by atoms with E-state index in [1.807, 2.05) is 12.1 Å². The molecule has 0 saturated carbocycles. The average molecular weight is 273 g/mol. The van der Waals surface area contributed by atoms with Gasteiger partial charge in [-0.05, 0) is 29.7 Å². The molecule has 0 bridgehead atoms. The maximum Gasteiger partial charge on any atom is 0.168 e. The molecule has 1 aromatic carbocycles. The van der Waals surface area contributed by atoms with E-state index in [2.05, 4.69) is 4.98 Å². The first kappa shape index (κ1) is 14.2. The molecular weight excluding hydrogens is 257 g/mol. The minimum atomic E-state index is -0.454. The number of aryl methyl sites for hydroxylation is 1. The van der Waals surface area contributed by atoms with Crippen LogP contribution in [0.4, 0.5) is 4.39 Å². The lowest BCUT2D eigenvalue weighted by Gasteiger charge is -2.07. The zero-order valence-electron chi connectivity index (χ0n) is 11.3. The van der Waals surface area contributed by atoms with Gasteiger partial charge in [0.15, 0.2) is 11.6 Å². The number of methoxy groups -OCH3 is 1. The first-order chi connectivity index (χ1) is 9.70. The van der Waals surface area contributed by atoms with E-state index in [1.165, 1.54) is 7.11 Å². The van der Waals surface area contributed by atoms with Crippen molar-refractivity contribution in [3.05, 3.63) is 59.7 Å². The van der Waals surface area contributed by atoms with Crippen molar-refractivity contribution in [3.8, 4) is 5.75 Å². The Morgan fingerprint density at radius 1 is 1.30 bits per heavy atom. The molecule has 4 heteroatoms. The Morgan fingerprint density at radius 2 is 2.15 bits per heavy atom. The third kappa shape index (κ3) is 3.63. The SMILES string of the molecule is COc1cccc(CC(=O)CCc2cccnc2)c1F. The topological polar surface area (TPSA) is 39.2 Å². The van der Waals surface area contributed by atoms with Crippen LogP contribution in [0.3, 0.4) is 0 Å². The molecule has 0 aliphatic rings. The third-order valence-electron chi connectivity index (χ3n) is 3.07. The van der Waals surface area contributed by atoms with Gasteiger partial charge in [0, 0.05) is 25.2 Å². The molecule has 104 valence electrons. The van der Waals surface area contributed by atoms with E-state index < -0.39 is 5.82 Å². The van der Waals surface area contributed by atoms with Crippen molar-refractivity contribution in [3.63, 3.8) is 0 Å². The number of halogens is 1. The Hall–Kier alpha value is -2.23. The lowest BCUT2D eigenvalue weighted by Crippen LogP contribution is -2.06. The quantitative estimate of drug-likeness (QED) is 0.812. The predicted molar refractivity (Wildman–Crippen MR) is 74.2 cm³/mol. The molecule has 20 heavy (non-hydrogen) atoms. The number of ether oxygens (including phenoxy) is 1.